The van der Waals surface area contributed by atoms with Crippen LogP contribution in [0.15, 0.2) is 21.1 Å². The van der Waals surface area contributed by atoms with E-state index in [0.717, 1.165) is 4.47 Å². The molecule has 1 aromatic rings. The maximum absolute atomic E-state index is 11.9. The minimum Gasteiger partial charge on any atom is -0.460 e. The van der Waals surface area contributed by atoms with Gasteiger partial charge in [0.15, 0.2) is 0 Å². The maximum Gasteiger partial charge on any atom is 0.340 e. The number of nitrogens with two attached hydrogens (primary N) is 1. The van der Waals surface area contributed by atoms with Gasteiger partial charge in [-0.05, 0) is 34.0 Å². The van der Waals surface area contributed by atoms with Crippen LogP contribution in [0.3, 0.4) is 0 Å². The van der Waals surface area contributed by atoms with Crippen molar-refractivity contribution in [1.29, 1.82) is 0 Å². The minimum absolute atomic E-state index is 0.217. The molecule has 0 spiro atoms. The highest BCUT2D eigenvalue weighted by Crippen LogP contribution is 2.28. The Hall–Kier alpha value is -0.590. The summed E-state index contributed by atoms with van der Waals surface area (Å²) in [6.45, 7) is 5.38. The van der Waals surface area contributed by atoms with E-state index < -0.39 is 5.97 Å². The van der Waals surface area contributed by atoms with Crippen LogP contribution in [0.5, 0.6) is 0 Å². The van der Waals surface area contributed by atoms with Gasteiger partial charge in [-0.25, -0.2) is 4.79 Å². The molecule has 0 aliphatic rings. The largest absolute Gasteiger partial charge is 0.460 e. The summed E-state index contributed by atoms with van der Waals surface area (Å²) in [4.78, 5) is 11.9. The highest BCUT2D eigenvalue weighted by Gasteiger charge is 2.14. The third-order valence-electron chi connectivity index (χ3n) is 2.23. The Balaban J connectivity index is 2.50. The molecule has 0 aliphatic heterocycles. The molecule has 0 bridgehead atoms. The number of carbonyl (C=O) groups excluding carboxylic acids is 1. The van der Waals surface area contributed by atoms with Gasteiger partial charge in [-0.3, -0.25) is 0 Å². The molecule has 0 unspecified atom stereocenters. The fourth-order valence-electron chi connectivity index (χ4n) is 1.34. The van der Waals surface area contributed by atoms with Crippen LogP contribution >= 0.6 is 31.9 Å². The molecule has 0 heterocycles. The van der Waals surface area contributed by atoms with Crippen LogP contribution in [0, 0.1) is 5.92 Å². The normalized spacial score (nSPS) is 10.8. The lowest BCUT2D eigenvalue weighted by atomic mass is 10.2. The Bertz CT molecular complexity index is 450. The first kappa shape index (κ1) is 16.5. The van der Waals surface area contributed by atoms with Gasteiger partial charge in [-0.1, -0.05) is 29.8 Å². The molecule has 0 aliphatic carbocycles. The molecule has 19 heavy (non-hydrogen) atoms. The molecule has 6 heteroatoms. The predicted molar refractivity (Wildman–Crippen MR) is 82.2 cm³/mol. The highest BCUT2D eigenvalue weighted by atomic mass is 79.9. The van der Waals surface area contributed by atoms with E-state index in [9.17, 15) is 4.79 Å². The molecular formula is C13H17Br2NO3. The number of carbonyl (C=O) groups is 1. The van der Waals surface area contributed by atoms with Crippen molar-refractivity contribution < 1.29 is 14.3 Å². The quantitative estimate of drug-likeness (QED) is 0.454. The van der Waals surface area contributed by atoms with Gasteiger partial charge in [0.05, 0.1) is 17.9 Å². The summed E-state index contributed by atoms with van der Waals surface area (Å²) < 4.78 is 11.9. The zero-order valence-electron chi connectivity index (χ0n) is 10.9. The van der Waals surface area contributed by atoms with Crippen LogP contribution in [0.4, 0.5) is 5.69 Å². The molecule has 0 amide bonds. The minimum atomic E-state index is -0.451. The van der Waals surface area contributed by atoms with Crippen molar-refractivity contribution in [2.24, 2.45) is 5.92 Å². The molecule has 0 fully saturated rings. The number of halogens is 2. The lowest BCUT2D eigenvalue weighted by Crippen LogP contribution is -2.14. The maximum atomic E-state index is 11.9. The zero-order valence-corrected chi connectivity index (χ0v) is 14.1. The average molecular weight is 395 g/mol. The molecule has 106 valence electrons. The van der Waals surface area contributed by atoms with Crippen molar-refractivity contribution in [2.75, 3.05) is 25.6 Å². The van der Waals surface area contributed by atoms with Crippen molar-refractivity contribution in [3.05, 3.63) is 26.6 Å². The van der Waals surface area contributed by atoms with Crippen LogP contribution in [0.1, 0.15) is 24.2 Å². The van der Waals surface area contributed by atoms with Gasteiger partial charge < -0.3 is 15.2 Å². The molecule has 0 atom stereocenters. The molecular weight excluding hydrogens is 378 g/mol. The number of hydrogen-bond acceptors (Lipinski definition) is 4. The highest BCUT2D eigenvalue weighted by molar-refractivity contribution is 9.11. The molecule has 1 aromatic carbocycles. The Kier molecular flexibility index (Phi) is 6.82. The lowest BCUT2D eigenvalue weighted by molar-refractivity contribution is 0.0278. The molecule has 4 nitrogen and oxygen atoms in total. The van der Waals surface area contributed by atoms with E-state index >= 15 is 0 Å². The first-order valence-corrected chi connectivity index (χ1v) is 7.49. The van der Waals surface area contributed by atoms with E-state index in [2.05, 4.69) is 45.7 Å². The molecule has 0 saturated carbocycles. The third-order valence-corrected chi connectivity index (χ3v) is 3.34. The Labute approximate surface area is 129 Å². The number of esters is 1. The average Bonchev–Trinajstić information content (AvgIpc) is 2.32. The summed E-state index contributed by atoms with van der Waals surface area (Å²) >= 11 is 6.59. The first-order chi connectivity index (χ1) is 8.91. The van der Waals surface area contributed by atoms with Gasteiger partial charge in [0.25, 0.3) is 0 Å². The van der Waals surface area contributed by atoms with Crippen LogP contribution < -0.4 is 5.73 Å². The standard InChI is InChI=1S/C13H17Br2NO3/c1-8(2)7-18-3-4-19-13(17)10-5-9(14)6-11(15)12(10)16/h5-6,8H,3-4,7,16H2,1-2H3. The second-order valence-corrected chi connectivity index (χ2v) is 6.22. The van der Waals surface area contributed by atoms with E-state index in [0.29, 0.717) is 34.9 Å². The van der Waals surface area contributed by atoms with Crippen LogP contribution in [0.2, 0.25) is 0 Å². The number of anilines is 1. The van der Waals surface area contributed by atoms with Gasteiger partial charge in [-0.2, -0.15) is 0 Å². The Morgan fingerprint density at radius 2 is 2.00 bits per heavy atom. The number of rotatable bonds is 6. The molecule has 0 radical (unpaired) electrons. The van der Waals surface area contributed by atoms with E-state index in [1.54, 1.807) is 12.1 Å². The number of hydrogen-bond donors (Lipinski definition) is 1. The summed E-state index contributed by atoms with van der Waals surface area (Å²) in [5.74, 6) is 0.0139. The second-order valence-electron chi connectivity index (χ2n) is 4.45. The van der Waals surface area contributed by atoms with E-state index in [4.69, 9.17) is 15.2 Å². The SMILES string of the molecule is CC(C)COCCOC(=O)c1cc(Br)cc(Br)c1N. The smallest absolute Gasteiger partial charge is 0.340 e. The second kappa shape index (κ2) is 7.87. The summed E-state index contributed by atoms with van der Waals surface area (Å²) in [7, 11) is 0. The van der Waals surface area contributed by atoms with Crippen molar-refractivity contribution in [1.82, 2.24) is 0 Å². The summed E-state index contributed by atoms with van der Waals surface area (Å²) in [5, 5.41) is 0. The van der Waals surface area contributed by atoms with Crippen molar-refractivity contribution >= 4 is 43.5 Å². The fourth-order valence-corrected chi connectivity index (χ4v) is 2.57. The molecule has 0 aromatic heterocycles. The van der Waals surface area contributed by atoms with E-state index in [1.807, 2.05) is 0 Å². The molecule has 0 saturated heterocycles. The zero-order chi connectivity index (χ0) is 14.4. The summed E-state index contributed by atoms with van der Waals surface area (Å²) in [6, 6.07) is 3.41. The van der Waals surface area contributed by atoms with Crippen LogP contribution in [-0.2, 0) is 9.47 Å². The number of ether oxygens (including phenoxy) is 2. The van der Waals surface area contributed by atoms with Crippen molar-refractivity contribution in [3.63, 3.8) is 0 Å². The summed E-state index contributed by atoms with van der Waals surface area (Å²) in [6.07, 6.45) is 0. The summed E-state index contributed by atoms with van der Waals surface area (Å²) in [5.41, 5.74) is 6.53. The monoisotopic (exact) mass is 393 g/mol. The van der Waals surface area contributed by atoms with Gasteiger partial charge in [-0.15, -0.1) is 0 Å². The topological polar surface area (TPSA) is 61.5 Å². The molecule has 2 N–H and O–H groups in total. The number of benzene rings is 1. The van der Waals surface area contributed by atoms with Gasteiger partial charge in [0.2, 0.25) is 0 Å². The van der Waals surface area contributed by atoms with E-state index in [1.165, 1.54) is 0 Å². The van der Waals surface area contributed by atoms with E-state index in [-0.39, 0.29) is 6.61 Å². The van der Waals surface area contributed by atoms with Gasteiger partial charge in [0.1, 0.15) is 6.61 Å². The Morgan fingerprint density at radius 3 is 2.63 bits per heavy atom. The van der Waals surface area contributed by atoms with Gasteiger partial charge >= 0.3 is 5.97 Å². The van der Waals surface area contributed by atoms with Crippen molar-refractivity contribution in [2.45, 2.75) is 13.8 Å². The van der Waals surface area contributed by atoms with Crippen LogP contribution in [-0.4, -0.2) is 25.8 Å². The number of nitrogen functional groups attached to an aromatic ring is 1. The predicted octanol–water partition coefficient (Wildman–Crippen LogP) is 3.62. The van der Waals surface area contributed by atoms with Crippen LogP contribution in [0.25, 0.3) is 0 Å². The fraction of sp³-hybridized carbons (Fsp3) is 0.462. The lowest BCUT2D eigenvalue weighted by Gasteiger charge is -2.10. The third kappa shape index (κ3) is 5.50. The molecule has 1 rings (SSSR count). The van der Waals surface area contributed by atoms with Gasteiger partial charge in [0, 0.05) is 15.6 Å². The van der Waals surface area contributed by atoms with Crippen molar-refractivity contribution in [3.8, 4) is 0 Å². The first-order valence-electron chi connectivity index (χ1n) is 5.91. The Morgan fingerprint density at radius 1 is 1.32 bits per heavy atom.